The SMILES string of the molecule is CCCCC(CC)CCn1c(COc2ccc(C=O)cc2)cc2cncnc21. The van der Waals surface area contributed by atoms with Crippen LogP contribution in [0, 0.1) is 5.92 Å². The highest BCUT2D eigenvalue weighted by Crippen LogP contribution is 2.23. The molecule has 3 rings (SSSR count). The summed E-state index contributed by atoms with van der Waals surface area (Å²) < 4.78 is 8.24. The Bertz CT molecular complexity index is 887. The van der Waals surface area contributed by atoms with E-state index < -0.39 is 0 Å². The topological polar surface area (TPSA) is 57.0 Å². The van der Waals surface area contributed by atoms with Crippen molar-refractivity contribution in [2.75, 3.05) is 0 Å². The van der Waals surface area contributed by atoms with Crippen molar-refractivity contribution in [1.29, 1.82) is 0 Å². The number of carbonyl (C=O) groups is 1. The number of hydrogen-bond acceptors (Lipinski definition) is 4. The number of unbranched alkanes of at least 4 members (excludes halogenated alkanes) is 1. The van der Waals surface area contributed by atoms with Crippen LogP contribution in [0.3, 0.4) is 0 Å². The van der Waals surface area contributed by atoms with Gasteiger partial charge in [-0.15, -0.1) is 0 Å². The number of aromatic nitrogens is 3. The van der Waals surface area contributed by atoms with E-state index in [9.17, 15) is 4.79 Å². The minimum absolute atomic E-state index is 0.461. The lowest BCUT2D eigenvalue weighted by molar-refractivity contribution is 0.112. The van der Waals surface area contributed by atoms with Crippen LogP contribution >= 0.6 is 0 Å². The maximum Gasteiger partial charge on any atom is 0.150 e. The predicted molar refractivity (Wildman–Crippen MR) is 112 cm³/mol. The summed E-state index contributed by atoms with van der Waals surface area (Å²) in [6, 6.07) is 9.30. The van der Waals surface area contributed by atoms with Gasteiger partial charge in [-0.2, -0.15) is 0 Å². The van der Waals surface area contributed by atoms with Crippen LogP contribution in [-0.4, -0.2) is 20.8 Å². The van der Waals surface area contributed by atoms with Crippen LogP contribution in [0.25, 0.3) is 11.0 Å². The smallest absolute Gasteiger partial charge is 0.150 e. The first kappa shape index (κ1) is 20.1. The van der Waals surface area contributed by atoms with Crippen LogP contribution in [0.15, 0.2) is 42.9 Å². The third-order valence-corrected chi connectivity index (χ3v) is 5.35. The van der Waals surface area contributed by atoms with Gasteiger partial charge in [0.25, 0.3) is 0 Å². The number of ether oxygens (including phenoxy) is 1. The van der Waals surface area contributed by atoms with Gasteiger partial charge in [0.15, 0.2) is 0 Å². The van der Waals surface area contributed by atoms with E-state index in [1.807, 2.05) is 18.3 Å². The Morgan fingerprint density at radius 2 is 2.00 bits per heavy atom. The molecule has 0 aliphatic heterocycles. The van der Waals surface area contributed by atoms with Gasteiger partial charge in [0.05, 0.1) is 5.69 Å². The molecule has 0 saturated heterocycles. The molecule has 0 amide bonds. The van der Waals surface area contributed by atoms with E-state index in [-0.39, 0.29) is 0 Å². The summed E-state index contributed by atoms with van der Waals surface area (Å²) in [7, 11) is 0. The molecule has 5 heteroatoms. The Labute approximate surface area is 166 Å². The molecular weight excluding hydrogens is 350 g/mol. The highest BCUT2D eigenvalue weighted by atomic mass is 16.5. The van der Waals surface area contributed by atoms with Gasteiger partial charge in [-0.1, -0.05) is 39.5 Å². The molecule has 0 fully saturated rings. The molecule has 5 nitrogen and oxygen atoms in total. The molecule has 2 heterocycles. The van der Waals surface area contributed by atoms with Gasteiger partial charge in [-0.25, -0.2) is 9.97 Å². The normalized spacial score (nSPS) is 12.2. The van der Waals surface area contributed by atoms with Crippen LogP contribution in [0.2, 0.25) is 0 Å². The second-order valence-corrected chi connectivity index (χ2v) is 7.27. The molecule has 0 N–H and O–H groups in total. The van der Waals surface area contributed by atoms with Crippen LogP contribution < -0.4 is 4.74 Å². The molecule has 148 valence electrons. The monoisotopic (exact) mass is 379 g/mol. The largest absolute Gasteiger partial charge is 0.487 e. The minimum Gasteiger partial charge on any atom is -0.487 e. The summed E-state index contributed by atoms with van der Waals surface area (Å²) in [5.74, 6) is 1.49. The van der Waals surface area contributed by atoms with E-state index >= 15 is 0 Å². The van der Waals surface area contributed by atoms with Crippen LogP contribution in [0.5, 0.6) is 5.75 Å². The number of fused-ring (bicyclic) bond motifs is 1. The van der Waals surface area contributed by atoms with E-state index in [1.165, 1.54) is 25.7 Å². The quantitative estimate of drug-likeness (QED) is 0.417. The Balaban J connectivity index is 1.75. The Morgan fingerprint density at radius 3 is 2.71 bits per heavy atom. The van der Waals surface area contributed by atoms with Crippen molar-refractivity contribution in [2.24, 2.45) is 5.92 Å². The molecule has 28 heavy (non-hydrogen) atoms. The first-order valence-electron chi connectivity index (χ1n) is 10.2. The number of carbonyl (C=O) groups excluding carboxylic acids is 1. The molecule has 0 saturated carbocycles. The van der Waals surface area contributed by atoms with Crippen molar-refractivity contribution in [3.8, 4) is 5.75 Å². The summed E-state index contributed by atoms with van der Waals surface area (Å²) in [5.41, 5.74) is 2.71. The molecule has 0 spiro atoms. The first-order valence-corrected chi connectivity index (χ1v) is 10.2. The molecule has 0 aliphatic carbocycles. The lowest BCUT2D eigenvalue weighted by Crippen LogP contribution is -2.10. The van der Waals surface area contributed by atoms with Crippen molar-refractivity contribution in [1.82, 2.24) is 14.5 Å². The Kier molecular flexibility index (Phi) is 7.18. The van der Waals surface area contributed by atoms with Crippen LogP contribution in [-0.2, 0) is 13.2 Å². The minimum atomic E-state index is 0.461. The van der Waals surface area contributed by atoms with E-state index in [4.69, 9.17) is 4.74 Å². The maximum absolute atomic E-state index is 10.8. The lowest BCUT2D eigenvalue weighted by Gasteiger charge is -2.17. The van der Waals surface area contributed by atoms with Crippen molar-refractivity contribution in [3.05, 3.63) is 54.1 Å². The van der Waals surface area contributed by atoms with E-state index in [2.05, 4.69) is 34.4 Å². The Hall–Kier alpha value is -2.69. The zero-order chi connectivity index (χ0) is 19.8. The highest BCUT2D eigenvalue weighted by molar-refractivity contribution is 5.76. The fourth-order valence-electron chi connectivity index (χ4n) is 3.58. The van der Waals surface area contributed by atoms with Gasteiger partial charge in [-0.05, 0) is 42.7 Å². The average Bonchev–Trinajstić information content (AvgIpc) is 3.10. The first-order chi connectivity index (χ1) is 13.7. The number of benzene rings is 1. The van der Waals surface area contributed by atoms with Crippen LogP contribution in [0.4, 0.5) is 0 Å². The second-order valence-electron chi connectivity index (χ2n) is 7.27. The van der Waals surface area contributed by atoms with Crippen molar-refractivity contribution in [2.45, 2.75) is 59.1 Å². The third kappa shape index (κ3) is 4.97. The Morgan fingerprint density at radius 1 is 1.18 bits per heavy atom. The molecule has 1 unspecified atom stereocenters. The summed E-state index contributed by atoms with van der Waals surface area (Å²) in [5, 5.41) is 1.04. The van der Waals surface area contributed by atoms with Gasteiger partial charge in [-0.3, -0.25) is 4.79 Å². The number of aldehydes is 1. The zero-order valence-corrected chi connectivity index (χ0v) is 16.8. The zero-order valence-electron chi connectivity index (χ0n) is 16.8. The molecule has 0 bridgehead atoms. The predicted octanol–water partition coefficient (Wildman–Crippen LogP) is 5.43. The van der Waals surface area contributed by atoms with Crippen LogP contribution in [0.1, 0.15) is 62.0 Å². The molecular formula is C23H29N3O2. The second kappa shape index (κ2) is 10.0. The summed E-state index contributed by atoms with van der Waals surface area (Å²) in [6.07, 6.45) is 10.5. The highest BCUT2D eigenvalue weighted by Gasteiger charge is 2.13. The van der Waals surface area contributed by atoms with E-state index in [0.29, 0.717) is 12.2 Å². The third-order valence-electron chi connectivity index (χ3n) is 5.35. The molecule has 0 aliphatic rings. The van der Waals surface area contributed by atoms with Gasteiger partial charge < -0.3 is 9.30 Å². The van der Waals surface area contributed by atoms with Gasteiger partial charge in [0, 0.05) is 23.7 Å². The summed E-state index contributed by atoms with van der Waals surface area (Å²) in [4.78, 5) is 19.5. The fourth-order valence-corrected chi connectivity index (χ4v) is 3.58. The standard InChI is InChI=1S/C23H29N3O2/c1-3-5-6-18(4-2)11-12-26-21(13-20-14-24-17-25-23(20)26)16-28-22-9-7-19(15-27)8-10-22/h7-10,13-15,17-18H,3-6,11-12,16H2,1-2H3. The number of rotatable bonds is 11. The van der Waals surface area contributed by atoms with Gasteiger partial charge in [0.2, 0.25) is 0 Å². The summed E-state index contributed by atoms with van der Waals surface area (Å²) in [6.45, 7) is 5.93. The van der Waals surface area contributed by atoms with Gasteiger partial charge in [0.1, 0.15) is 30.6 Å². The van der Waals surface area contributed by atoms with E-state index in [0.717, 1.165) is 47.6 Å². The van der Waals surface area contributed by atoms with E-state index in [1.54, 1.807) is 18.5 Å². The lowest BCUT2D eigenvalue weighted by atomic mass is 9.96. The molecule has 1 atom stereocenters. The molecule has 3 aromatic rings. The maximum atomic E-state index is 10.8. The number of aryl methyl sites for hydroxylation is 1. The summed E-state index contributed by atoms with van der Waals surface area (Å²) >= 11 is 0. The fraction of sp³-hybridized carbons (Fsp3) is 0.435. The number of nitrogens with zero attached hydrogens (tertiary/aromatic N) is 3. The molecule has 2 aromatic heterocycles. The average molecular weight is 380 g/mol. The number of hydrogen-bond donors (Lipinski definition) is 0. The molecule has 1 aromatic carbocycles. The molecule has 0 radical (unpaired) electrons. The van der Waals surface area contributed by atoms with Crippen molar-refractivity contribution in [3.63, 3.8) is 0 Å². The van der Waals surface area contributed by atoms with Crippen molar-refractivity contribution >= 4 is 17.3 Å². The van der Waals surface area contributed by atoms with Gasteiger partial charge >= 0.3 is 0 Å². The van der Waals surface area contributed by atoms with Crippen molar-refractivity contribution < 1.29 is 9.53 Å².